The van der Waals surface area contributed by atoms with Crippen molar-refractivity contribution in [3.05, 3.63) is 30.3 Å². The second-order valence-corrected chi connectivity index (χ2v) is 4.25. The fourth-order valence-corrected chi connectivity index (χ4v) is 2.13. The van der Waals surface area contributed by atoms with Gasteiger partial charge in [-0.1, -0.05) is 24.6 Å². The maximum absolute atomic E-state index is 11.6. The van der Waals surface area contributed by atoms with Crippen molar-refractivity contribution in [2.45, 2.75) is 31.8 Å². The summed E-state index contributed by atoms with van der Waals surface area (Å²) in [4.78, 5) is 11.6. The van der Waals surface area contributed by atoms with Gasteiger partial charge in [0.05, 0.1) is 12.5 Å². The minimum absolute atomic E-state index is 0.0798. The molecule has 0 radical (unpaired) electrons. The number of carbonyl (C=O) groups excluding carboxylic acids is 1. The van der Waals surface area contributed by atoms with Gasteiger partial charge in [0.2, 0.25) is 0 Å². The van der Waals surface area contributed by atoms with Crippen molar-refractivity contribution in [3.8, 4) is 5.75 Å². The average molecular weight is 220 g/mol. The van der Waals surface area contributed by atoms with Gasteiger partial charge < -0.3 is 9.84 Å². The monoisotopic (exact) mass is 220 g/mol. The Morgan fingerprint density at radius 3 is 2.69 bits per heavy atom. The van der Waals surface area contributed by atoms with Crippen LogP contribution in [0.15, 0.2) is 30.3 Å². The predicted molar refractivity (Wildman–Crippen MR) is 60.0 cm³/mol. The van der Waals surface area contributed by atoms with Crippen LogP contribution in [0.2, 0.25) is 0 Å². The van der Waals surface area contributed by atoms with Gasteiger partial charge in [-0.05, 0) is 30.9 Å². The molecule has 0 amide bonds. The molecular weight excluding hydrogens is 204 g/mol. The first-order valence-corrected chi connectivity index (χ1v) is 5.69. The van der Waals surface area contributed by atoms with Crippen LogP contribution in [-0.2, 0) is 4.79 Å². The highest BCUT2D eigenvalue weighted by Crippen LogP contribution is 2.28. The summed E-state index contributed by atoms with van der Waals surface area (Å²) >= 11 is 0. The van der Waals surface area contributed by atoms with Crippen LogP contribution in [0.5, 0.6) is 5.75 Å². The van der Waals surface area contributed by atoms with Gasteiger partial charge >= 0.3 is 5.97 Å². The Balaban J connectivity index is 1.85. The molecule has 0 bridgehead atoms. The molecule has 3 nitrogen and oxygen atoms in total. The zero-order chi connectivity index (χ0) is 11.4. The number of benzene rings is 1. The molecule has 2 atom stereocenters. The van der Waals surface area contributed by atoms with E-state index in [-0.39, 0.29) is 18.0 Å². The molecule has 0 aromatic heterocycles. The molecule has 1 aromatic carbocycles. The topological polar surface area (TPSA) is 46.5 Å². The van der Waals surface area contributed by atoms with Crippen LogP contribution in [0.25, 0.3) is 0 Å². The second kappa shape index (κ2) is 5.12. The normalized spacial score (nSPS) is 24.3. The van der Waals surface area contributed by atoms with E-state index in [4.69, 9.17) is 4.74 Å². The molecule has 1 aliphatic rings. The third kappa shape index (κ3) is 2.83. The Hall–Kier alpha value is -1.35. The number of ether oxygens (including phenoxy) is 1. The number of esters is 1. The molecule has 2 unspecified atom stereocenters. The average Bonchev–Trinajstić information content (AvgIpc) is 2.66. The van der Waals surface area contributed by atoms with Crippen molar-refractivity contribution in [3.63, 3.8) is 0 Å². The van der Waals surface area contributed by atoms with Crippen molar-refractivity contribution in [1.82, 2.24) is 0 Å². The van der Waals surface area contributed by atoms with Crippen LogP contribution in [0, 0.1) is 5.92 Å². The molecule has 3 heteroatoms. The van der Waals surface area contributed by atoms with Crippen molar-refractivity contribution >= 4 is 5.97 Å². The first-order valence-electron chi connectivity index (χ1n) is 5.69. The molecule has 2 rings (SSSR count). The number of para-hydroxylation sites is 1. The Morgan fingerprint density at radius 1 is 1.31 bits per heavy atom. The van der Waals surface area contributed by atoms with Gasteiger partial charge in [0.25, 0.3) is 0 Å². The highest BCUT2D eigenvalue weighted by Gasteiger charge is 2.27. The smallest absolute Gasteiger partial charge is 0.311 e. The standard InChI is InChI=1S/C13H16O3/c14-12-8-4-5-10(12)9-13(15)16-11-6-2-1-3-7-11/h1-3,6-7,10,12,14H,4-5,8-9H2. The van der Waals surface area contributed by atoms with Crippen LogP contribution in [0.1, 0.15) is 25.7 Å². The summed E-state index contributed by atoms with van der Waals surface area (Å²) in [5.74, 6) is 0.397. The first-order chi connectivity index (χ1) is 7.75. The molecule has 0 spiro atoms. The van der Waals surface area contributed by atoms with Gasteiger partial charge in [-0.2, -0.15) is 0 Å². The van der Waals surface area contributed by atoms with E-state index in [2.05, 4.69) is 0 Å². The Morgan fingerprint density at radius 2 is 2.06 bits per heavy atom. The van der Waals surface area contributed by atoms with Gasteiger partial charge in [0.15, 0.2) is 0 Å². The van der Waals surface area contributed by atoms with Gasteiger partial charge in [-0.15, -0.1) is 0 Å². The zero-order valence-corrected chi connectivity index (χ0v) is 9.13. The molecule has 86 valence electrons. The van der Waals surface area contributed by atoms with Crippen LogP contribution >= 0.6 is 0 Å². The molecule has 1 fully saturated rings. The molecule has 1 saturated carbocycles. The molecule has 0 heterocycles. The van der Waals surface area contributed by atoms with Crippen molar-refractivity contribution < 1.29 is 14.6 Å². The van der Waals surface area contributed by atoms with E-state index < -0.39 is 0 Å². The summed E-state index contributed by atoms with van der Waals surface area (Å²) in [7, 11) is 0. The lowest BCUT2D eigenvalue weighted by Crippen LogP contribution is -2.20. The fraction of sp³-hybridized carbons (Fsp3) is 0.462. The maximum atomic E-state index is 11.6. The summed E-state index contributed by atoms with van der Waals surface area (Å²) in [6.45, 7) is 0. The van der Waals surface area contributed by atoms with E-state index in [1.165, 1.54) is 0 Å². The predicted octanol–water partition coefficient (Wildman–Crippen LogP) is 2.14. The number of hydrogen-bond acceptors (Lipinski definition) is 3. The summed E-state index contributed by atoms with van der Waals surface area (Å²) in [6.07, 6.45) is 2.72. The quantitative estimate of drug-likeness (QED) is 0.627. The van der Waals surface area contributed by atoms with E-state index in [0.717, 1.165) is 19.3 Å². The molecule has 16 heavy (non-hydrogen) atoms. The molecule has 1 N–H and O–H groups in total. The van der Waals surface area contributed by atoms with E-state index in [1.807, 2.05) is 18.2 Å². The first kappa shape index (κ1) is 11.1. The van der Waals surface area contributed by atoms with E-state index >= 15 is 0 Å². The number of carbonyl (C=O) groups is 1. The fourth-order valence-electron chi connectivity index (χ4n) is 2.13. The number of hydrogen-bond donors (Lipinski definition) is 1. The summed E-state index contributed by atoms with van der Waals surface area (Å²) in [5, 5.41) is 9.60. The Bertz CT molecular complexity index is 347. The zero-order valence-electron chi connectivity index (χ0n) is 9.13. The minimum atomic E-state index is -0.330. The maximum Gasteiger partial charge on any atom is 0.311 e. The van der Waals surface area contributed by atoms with Crippen molar-refractivity contribution in [2.75, 3.05) is 0 Å². The van der Waals surface area contributed by atoms with Gasteiger partial charge in [0.1, 0.15) is 5.75 Å². The third-order valence-electron chi connectivity index (χ3n) is 3.02. The number of aliphatic hydroxyl groups is 1. The lowest BCUT2D eigenvalue weighted by molar-refractivity contribution is -0.136. The SMILES string of the molecule is O=C(CC1CCCC1O)Oc1ccccc1. The van der Waals surface area contributed by atoms with E-state index in [1.54, 1.807) is 12.1 Å². The molecule has 1 aromatic rings. The third-order valence-corrected chi connectivity index (χ3v) is 3.02. The van der Waals surface area contributed by atoms with Crippen molar-refractivity contribution in [1.29, 1.82) is 0 Å². The summed E-state index contributed by atoms with van der Waals surface area (Å²) < 4.78 is 5.17. The molecule has 0 aliphatic heterocycles. The van der Waals surface area contributed by atoms with Crippen molar-refractivity contribution in [2.24, 2.45) is 5.92 Å². The van der Waals surface area contributed by atoms with Gasteiger partial charge in [-0.25, -0.2) is 0 Å². The Kier molecular flexibility index (Phi) is 3.57. The lowest BCUT2D eigenvalue weighted by atomic mass is 10.0. The summed E-state index contributed by atoms with van der Waals surface area (Å²) in [5.41, 5.74) is 0. The van der Waals surface area contributed by atoms with E-state index in [9.17, 15) is 9.90 Å². The Labute approximate surface area is 95.0 Å². The largest absolute Gasteiger partial charge is 0.427 e. The van der Waals surface area contributed by atoms with Gasteiger partial charge in [0, 0.05) is 0 Å². The number of rotatable bonds is 3. The highest BCUT2D eigenvalue weighted by atomic mass is 16.5. The summed E-state index contributed by atoms with van der Waals surface area (Å²) in [6, 6.07) is 9.03. The lowest BCUT2D eigenvalue weighted by Gasteiger charge is -2.13. The van der Waals surface area contributed by atoms with E-state index in [0.29, 0.717) is 12.2 Å². The molecule has 0 saturated heterocycles. The van der Waals surface area contributed by atoms with Gasteiger partial charge in [-0.3, -0.25) is 4.79 Å². The van der Waals surface area contributed by atoms with Crippen LogP contribution in [0.3, 0.4) is 0 Å². The second-order valence-electron chi connectivity index (χ2n) is 4.25. The van der Waals surface area contributed by atoms with Crippen LogP contribution in [-0.4, -0.2) is 17.2 Å². The van der Waals surface area contributed by atoms with Crippen LogP contribution < -0.4 is 4.74 Å². The highest BCUT2D eigenvalue weighted by molar-refractivity contribution is 5.72. The minimum Gasteiger partial charge on any atom is -0.427 e. The molecular formula is C13H16O3. The molecule has 1 aliphatic carbocycles. The number of aliphatic hydroxyl groups excluding tert-OH is 1. The van der Waals surface area contributed by atoms with Crippen LogP contribution in [0.4, 0.5) is 0 Å².